The van der Waals surface area contributed by atoms with E-state index in [0.29, 0.717) is 13.0 Å². The van der Waals surface area contributed by atoms with Gasteiger partial charge in [0.25, 0.3) is 0 Å². The maximum atomic E-state index is 13.4. The van der Waals surface area contributed by atoms with Gasteiger partial charge < -0.3 is 20.3 Å². The summed E-state index contributed by atoms with van der Waals surface area (Å²) in [7, 11) is 1.78. The first-order valence-electron chi connectivity index (χ1n) is 11.2. The molecule has 0 saturated carbocycles. The topological polar surface area (TPSA) is 70.7 Å². The molecule has 2 aliphatic rings. The van der Waals surface area contributed by atoms with Gasteiger partial charge in [-0.1, -0.05) is 51.0 Å². The van der Waals surface area contributed by atoms with Crippen LogP contribution in [-0.2, 0) is 20.7 Å². The lowest BCUT2D eigenvalue weighted by atomic mass is 9.85. The van der Waals surface area contributed by atoms with Crippen LogP contribution < -0.4 is 10.6 Å². The van der Waals surface area contributed by atoms with Crippen molar-refractivity contribution in [3.05, 3.63) is 35.4 Å². The van der Waals surface area contributed by atoms with E-state index >= 15 is 0 Å². The number of ether oxygens (including phenoxy) is 1. The second kappa shape index (κ2) is 9.84. The molecule has 6 heteroatoms. The number of carbonyl (C=O) groups excluding carboxylic acids is 2. The minimum atomic E-state index is -0.567. The summed E-state index contributed by atoms with van der Waals surface area (Å²) in [6.45, 7) is 6.59. The smallest absolute Gasteiger partial charge is 0.243 e. The number of amides is 2. The molecule has 1 aliphatic carbocycles. The van der Waals surface area contributed by atoms with E-state index in [0.717, 1.165) is 19.3 Å². The van der Waals surface area contributed by atoms with Crippen LogP contribution in [0.1, 0.15) is 57.2 Å². The highest BCUT2D eigenvalue weighted by Gasteiger charge is 2.44. The molecule has 0 unspecified atom stereocenters. The maximum absolute atomic E-state index is 13.4. The highest BCUT2D eigenvalue weighted by atomic mass is 16.5. The second-order valence-corrected chi connectivity index (χ2v) is 9.62. The Labute approximate surface area is 186 Å². The summed E-state index contributed by atoms with van der Waals surface area (Å²) in [5.41, 5.74) is 2.19. The van der Waals surface area contributed by atoms with Gasteiger partial charge in [0, 0.05) is 13.0 Å². The summed E-state index contributed by atoms with van der Waals surface area (Å²) in [6, 6.07) is 7.28. The normalized spacial score (nSPS) is 24.2. The SMILES string of the molecule is C#CCO[C@H]1C[C@@H](C(=O)N[C@@H]2CCCc3ccccc32)N(C(=O)[C@@H](NC)C(C)(C)C)C1. The summed E-state index contributed by atoms with van der Waals surface area (Å²) in [5.74, 6) is 2.28. The Morgan fingerprint density at radius 3 is 2.74 bits per heavy atom. The lowest BCUT2D eigenvalue weighted by Crippen LogP contribution is -2.56. The number of carbonyl (C=O) groups is 2. The largest absolute Gasteiger partial charge is 0.364 e. The van der Waals surface area contributed by atoms with E-state index in [2.05, 4.69) is 28.7 Å². The molecule has 168 valence electrons. The molecule has 0 bridgehead atoms. The first-order valence-corrected chi connectivity index (χ1v) is 11.2. The molecule has 2 amide bonds. The molecular formula is C25H35N3O3. The van der Waals surface area contributed by atoms with E-state index in [1.807, 2.05) is 32.9 Å². The molecule has 0 radical (unpaired) electrons. The lowest BCUT2D eigenvalue weighted by molar-refractivity contribution is -0.142. The Morgan fingerprint density at radius 2 is 2.06 bits per heavy atom. The summed E-state index contributed by atoms with van der Waals surface area (Å²) in [4.78, 5) is 28.5. The predicted molar refractivity (Wildman–Crippen MR) is 121 cm³/mol. The average Bonchev–Trinajstić information content (AvgIpc) is 3.16. The fourth-order valence-corrected chi connectivity index (χ4v) is 4.84. The molecule has 1 aliphatic heterocycles. The number of fused-ring (bicyclic) bond motifs is 1. The molecule has 1 aromatic rings. The van der Waals surface area contributed by atoms with Crippen molar-refractivity contribution >= 4 is 11.8 Å². The van der Waals surface area contributed by atoms with Gasteiger partial charge in [0.15, 0.2) is 0 Å². The van der Waals surface area contributed by atoms with Crippen molar-refractivity contribution in [2.24, 2.45) is 5.41 Å². The predicted octanol–water partition coefficient (Wildman–Crippen LogP) is 2.43. The van der Waals surface area contributed by atoms with Gasteiger partial charge in [-0.3, -0.25) is 9.59 Å². The van der Waals surface area contributed by atoms with Gasteiger partial charge in [0.2, 0.25) is 11.8 Å². The number of benzene rings is 1. The lowest BCUT2D eigenvalue weighted by Gasteiger charge is -2.35. The number of rotatable bonds is 6. The van der Waals surface area contributed by atoms with Gasteiger partial charge in [-0.25, -0.2) is 0 Å². The molecule has 0 aromatic heterocycles. The minimum Gasteiger partial charge on any atom is -0.364 e. The fourth-order valence-electron chi connectivity index (χ4n) is 4.84. The van der Waals surface area contributed by atoms with Crippen LogP contribution in [0.5, 0.6) is 0 Å². The number of terminal acetylenes is 1. The number of likely N-dealkylation sites (N-methyl/N-ethyl adjacent to an activating group) is 1. The molecule has 1 aromatic carbocycles. The van der Waals surface area contributed by atoms with Crippen LogP contribution in [0.2, 0.25) is 0 Å². The number of hydrogen-bond acceptors (Lipinski definition) is 4. The molecule has 6 nitrogen and oxygen atoms in total. The van der Waals surface area contributed by atoms with E-state index in [9.17, 15) is 9.59 Å². The van der Waals surface area contributed by atoms with Crippen molar-refractivity contribution in [1.82, 2.24) is 15.5 Å². The van der Waals surface area contributed by atoms with Crippen molar-refractivity contribution in [2.45, 2.75) is 70.7 Å². The zero-order valence-electron chi connectivity index (χ0n) is 19.1. The monoisotopic (exact) mass is 425 g/mol. The minimum absolute atomic E-state index is 0.0252. The molecule has 1 fully saturated rings. The third kappa shape index (κ3) is 5.28. The number of aryl methyl sites for hydroxylation is 1. The van der Waals surface area contributed by atoms with Gasteiger partial charge in [0.05, 0.1) is 18.2 Å². The van der Waals surface area contributed by atoms with Gasteiger partial charge in [-0.2, -0.15) is 0 Å². The Morgan fingerprint density at radius 1 is 1.32 bits per heavy atom. The van der Waals surface area contributed by atoms with E-state index in [1.165, 1.54) is 11.1 Å². The first-order chi connectivity index (χ1) is 14.8. The fraction of sp³-hybridized carbons (Fsp3) is 0.600. The summed E-state index contributed by atoms with van der Waals surface area (Å²) >= 11 is 0. The molecule has 1 heterocycles. The highest BCUT2D eigenvalue weighted by molar-refractivity contribution is 5.91. The zero-order chi connectivity index (χ0) is 22.6. The van der Waals surface area contributed by atoms with Crippen molar-refractivity contribution < 1.29 is 14.3 Å². The molecule has 1 saturated heterocycles. The third-order valence-electron chi connectivity index (χ3n) is 6.34. The number of hydrogen-bond donors (Lipinski definition) is 2. The van der Waals surface area contributed by atoms with Crippen LogP contribution in [0.3, 0.4) is 0 Å². The van der Waals surface area contributed by atoms with E-state index in [1.54, 1.807) is 11.9 Å². The van der Waals surface area contributed by atoms with Crippen LogP contribution in [0.25, 0.3) is 0 Å². The Kier molecular flexibility index (Phi) is 7.40. The highest BCUT2D eigenvalue weighted by Crippen LogP contribution is 2.31. The summed E-state index contributed by atoms with van der Waals surface area (Å²) < 4.78 is 5.73. The average molecular weight is 426 g/mol. The first kappa shape index (κ1) is 23.3. The van der Waals surface area contributed by atoms with E-state index in [4.69, 9.17) is 11.2 Å². The molecule has 31 heavy (non-hydrogen) atoms. The summed E-state index contributed by atoms with van der Waals surface area (Å²) in [6.07, 6.45) is 8.53. The molecular weight excluding hydrogens is 390 g/mol. The van der Waals surface area contributed by atoms with Crippen molar-refractivity contribution in [3.63, 3.8) is 0 Å². The third-order valence-corrected chi connectivity index (χ3v) is 6.34. The summed E-state index contributed by atoms with van der Waals surface area (Å²) in [5, 5.41) is 6.36. The Bertz CT molecular complexity index is 839. The van der Waals surface area contributed by atoms with Crippen molar-refractivity contribution in [2.75, 3.05) is 20.2 Å². The molecule has 3 rings (SSSR count). The van der Waals surface area contributed by atoms with Gasteiger partial charge in [-0.05, 0) is 42.9 Å². The van der Waals surface area contributed by atoms with Crippen LogP contribution >= 0.6 is 0 Å². The van der Waals surface area contributed by atoms with E-state index < -0.39 is 12.1 Å². The van der Waals surface area contributed by atoms with Crippen LogP contribution in [0.4, 0.5) is 0 Å². The van der Waals surface area contributed by atoms with Gasteiger partial charge >= 0.3 is 0 Å². The van der Waals surface area contributed by atoms with Gasteiger partial charge in [-0.15, -0.1) is 6.42 Å². The van der Waals surface area contributed by atoms with Crippen molar-refractivity contribution in [3.8, 4) is 12.3 Å². The molecule has 4 atom stereocenters. The molecule has 2 N–H and O–H groups in total. The number of nitrogens with one attached hydrogen (secondary N) is 2. The van der Waals surface area contributed by atoms with Crippen LogP contribution in [-0.4, -0.2) is 55.1 Å². The number of nitrogens with zero attached hydrogens (tertiary/aromatic N) is 1. The number of likely N-dealkylation sites (tertiary alicyclic amines) is 1. The van der Waals surface area contributed by atoms with Crippen molar-refractivity contribution in [1.29, 1.82) is 0 Å². The Hall–Kier alpha value is -2.36. The van der Waals surface area contributed by atoms with Crippen LogP contribution in [0, 0.1) is 17.8 Å². The standard InChI is InChI=1S/C25H35N3O3/c1-6-14-31-18-15-21(28(16-18)24(30)22(26-5)25(2,3)4)23(29)27-20-13-9-11-17-10-7-8-12-19(17)20/h1,7-8,10,12,18,20-22,26H,9,11,13-16H2,2-5H3,(H,27,29)/t18-,20+,21-,22+/m0/s1. The second-order valence-electron chi connectivity index (χ2n) is 9.62. The molecule has 0 spiro atoms. The zero-order valence-corrected chi connectivity index (χ0v) is 19.1. The maximum Gasteiger partial charge on any atom is 0.243 e. The van der Waals surface area contributed by atoms with Gasteiger partial charge in [0.1, 0.15) is 12.6 Å². The Balaban J connectivity index is 1.79. The van der Waals surface area contributed by atoms with E-state index in [-0.39, 0.29) is 36.0 Å². The quantitative estimate of drug-likeness (QED) is 0.687. The van der Waals surface area contributed by atoms with Crippen LogP contribution in [0.15, 0.2) is 24.3 Å².